The highest BCUT2D eigenvalue weighted by Gasteiger charge is 2.31. The fraction of sp³-hybridized carbons (Fsp3) is 0.273. The fourth-order valence-electron chi connectivity index (χ4n) is 1.78. The van der Waals surface area contributed by atoms with Gasteiger partial charge in [0.15, 0.2) is 5.78 Å². The Morgan fingerprint density at radius 2 is 2.12 bits per heavy atom. The minimum absolute atomic E-state index is 0.0147. The standard InChI is InChI=1S/C11H10FNO3/c12-9-3-1-2-7(6-14)11(9)13-5-8(15)4-10(13)16/h1-3,14H,4-6H2. The van der Waals surface area contributed by atoms with Crippen LogP contribution < -0.4 is 4.90 Å². The van der Waals surface area contributed by atoms with Crippen LogP contribution >= 0.6 is 0 Å². The smallest absolute Gasteiger partial charge is 0.235 e. The summed E-state index contributed by atoms with van der Waals surface area (Å²) in [6.07, 6.45) is -0.195. The first-order chi connectivity index (χ1) is 7.63. The lowest BCUT2D eigenvalue weighted by molar-refractivity contribution is -0.121. The molecule has 0 unspecified atom stereocenters. The summed E-state index contributed by atoms with van der Waals surface area (Å²) in [7, 11) is 0. The molecule has 0 aliphatic carbocycles. The van der Waals surface area contributed by atoms with Gasteiger partial charge in [-0.15, -0.1) is 0 Å². The number of aliphatic hydroxyl groups excluding tert-OH is 1. The van der Waals surface area contributed by atoms with Gasteiger partial charge in [-0.05, 0) is 6.07 Å². The lowest BCUT2D eigenvalue weighted by Gasteiger charge is -2.18. The van der Waals surface area contributed by atoms with Gasteiger partial charge in [0.2, 0.25) is 5.91 Å². The van der Waals surface area contributed by atoms with E-state index >= 15 is 0 Å². The van der Waals surface area contributed by atoms with Gasteiger partial charge in [0.25, 0.3) is 0 Å². The molecule has 1 fully saturated rings. The average molecular weight is 223 g/mol. The Kier molecular flexibility index (Phi) is 2.70. The molecule has 1 amide bonds. The van der Waals surface area contributed by atoms with Gasteiger partial charge < -0.3 is 10.0 Å². The molecule has 0 aromatic heterocycles. The van der Waals surface area contributed by atoms with Crippen LogP contribution in [0.15, 0.2) is 18.2 Å². The topological polar surface area (TPSA) is 57.6 Å². The van der Waals surface area contributed by atoms with Crippen molar-refractivity contribution in [2.24, 2.45) is 0 Å². The van der Waals surface area contributed by atoms with Gasteiger partial charge in [0.05, 0.1) is 25.3 Å². The van der Waals surface area contributed by atoms with Gasteiger partial charge in [-0.1, -0.05) is 12.1 Å². The summed E-state index contributed by atoms with van der Waals surface area (Å²) in [5, 5.41) is 9.07. The van der Waals surface area contributed by atoms with Crippen molar-refractivity contribution in [3.8, 4) is 0 Å². The molecule has 0 spiro atoms. The van der Waals surface area contributed by atoms with Gasteiger partial charge in [-0.25, -0.2) is 4.39 Å². The number of para-hydroxylation sites is 1. The van der Waals surface area contributed by atoms with E-state index in [-0.39, 0.29) is 31.0 Å². The summed E-state index contributed by atoms with van der Waals surface area (Å²) in [5.74, 6) is -1.27. The zero-order chi connectivity index (χ0) is 11.7. The molecular weight excluding hydrogens is 213 g/mol. The number of hydrogen-bond acceptors (Lipinski definition) is 3. The summed E-state index contributed by atoms with van der Waals surface area (Å²) in [6.45, 7) is -0.488. The Hall–Kier alpha value is -1.75. The third-order valence-corrected chi connectivity index (χ3v) is 2.49. The summed E-state index contributed by atoms with van der Waals surface area (Å²) in [5.41, 5.74) is 0.323. The minimum Gasteiger partial charge on any atom is -0.392 e. The highest BCUT2D eigenvalue weighted by molar-refractivity contribution is 6.15. The second-order valence-corrected chi connectivity index (χ2v) is 3.60. The SMILES string of the molecule is O=C1CC(=O)N(c2c(F)cccc2CO)C1. The lowest BCUT2D eigenvalue weighted by Crippen LogP contribution is -2.26. The molecule has 1 saturated heterocycles. The molecule has 1 heterocycles. The van der Waals surface area contributed by atoms with E-state index in [1.54, 1.807) is 0 Å². The Morgan fingerprint density at radius 3 is 2.69 bits per heavy atom. The molecule has 2 rings (SSSR count). The van der Waals surface area contributed by atoms with E-state index in [0.717, 1.165) is 4.90 Å². The molecule has 5 heteroatoms. The van der Waals surface area contributed by atoms with Crippen LogP contribution in [0, 0.1) is 5.82 Å². The number of benzene rings is 1. The predicted octanol–water partition coefficient (Wildman–Crippen LogP) is 0.624. The zero-order valence-corrected chi connectivity index (χ0v) is 8.44. The number of anilines is 1. The number of hydrogen-bond donors (Lipinski definition) is 1. The largest absolute Gasteiger partial charge is 0.392 e. The van der Waals surface area contributed by atoms with Crippen molar-refractivity contribution in [3.05, 3.63) is 29.6 Å². The van der Waals surface area contributed by atoms with Crippen LogP contribution in [0.5, 0.6) is 0 Å². The fourth-order valence-corrected chi connectivity index (χ4v) is 1.78. The number of ketones is 1. The van der Waals surface area contributed by atoms with Gasteiger partial charge in [0.1, 0.15) is 5.82 Å². The number of amides is 1. The van der Waals surface area contributed by atoms with Crippen LogP contribution in [0.3, 0.4) is 0 Å². The molecule has 0 saturated carbocycles. The first kappa shape index (κ1) is 10.8. The van der Waals surface area contributed by atoms with E-state index in [1.165, 1.54) is 18.2 Å². The van der Waals surface area contributed by atoms with Crippen LogP contribution in [0.4, 0.5) is 10.1 Å². The third kappa shape index (κ3) is 1.69. The second-order valence-electron chi connectivity index (χ2n) is 3.60. The van der Waals surface area contributed by atoms with Crippen molar-refractivity contribution in [1.29, 1.82) is 0 Å². The van der Waals surface area contributed by atoms with Gasteiger partial charge >= 0.3 is 0 Å². The molecule has 4 nitrogen and oxygen atoms in total. The molecule has 0 atom stereocenters. The molecule has 1 aromatic carbocycles. The van der Waals surface area contributed by atoms with E-state index in [9.17, 15) is 14.0 Å². The van der Waals surface area contributed by atoms with E-state index < -0.39 is 11.7 Å². The Labute approximate surface area is 91.3 Å². The van der Waals surface area contributed by atoms with E-state index in [0.29, 0.717) is 5.56 Å². The monoisotopic (exact) mass is 223 g/mol. The quantitative estimate of drug-likeness (QED) is 0.748. The first-order valence-electron chi connectivity index (χ1n) is 4.84. The van der Waals surface area contributed by atoms with E-state index in [2.05, 4.69) is 0 Å². The molecule has 0 radical (unpaired) electrons. The Morgan fingerprint density at radius 1 is 1.38 bits per heavy atom. The third-order valence-electron chi connectivity index (χ3n) is 2.49. The molecule has 1 N–H and O–H groups in total. The molecule has 16 heavy (non-hydrogen) atoms. The molecular formula is C11H10FNO3. The number of Topliss-reactive ketones (excluding diaryl/α,β-unsaturated/α-hetero) is 1. The van der Waals surface area contributed by atoms with Crippen molar-refractivity contribution >= 4 is 17.4 Å². The van der Waals surface area contributed by atoms with Gasteiger partial charge in [0, 0.05) is 5.56 Å². The Bertz CT molecular complexity index is 459. The van der Waals surface area contributed by atoms with Crippen LogP contribution in [-0.4, -0.2) is 23.3 Å². The maximum atomic E-state index is 13.6. The van der Waals surface area contributed by atoms with Crippen molar-refractivity contribution < 1.29 is 19.1 Å². The van der Waals surface area contributed by atoms with Gasteiger partial charge in [-0.3, -0.25) is 9.59 Å². The average Bonchev–Trinajstić information content (AvgIpc) is 2.57. The zero-order valence-electron chi connectivity index (χ0n) is 8.44. The molecule has 1 aliphatic rings. The van der Waals surface area contributed by atoms with Crippen molar-refractivity contribution in [2.45, 2.75) is 13.0 Å². The molecule has 1 aliphatic heterocycles. The van der Waals surface area contributed by atoms with Crippen LogP contribution in [-0.2, 0) is 16.2 Å². The Balaban J connectivity index is 2.47. The summed E-state index contributed by atoms with van der Waals surface area (Å²) in [4.78, 5) is 23.6. The highest BCUT2D eigenvalue weighted by Crippen LogP contribution is 2.27. The van der Waals surface area contributed by atoms with E-state index in [4.69, 9.17) is 5.11 Å². The normalized spacial score (nSPS) is 16.0. The highest BCUT2D eigenvalue weighted by atomic mass is 19.1. The summed E-state index contributed by atoms with van der Waals surface area (Å²) < 4.78 is 13.6. The molecule has 1 aromatic rings. The number of carbonyl (C=O) groups excluding carboxylic acids is 2. The summed E-state index contributed by atoms with van der Waals surface area (Å²) >= 11 is 0. The second kappa shape index (κ2) is 4.02. The first-order valence-corrected chi connectivity index (χ1v) is 4.84. The van der Waals surface area contributed by atoms with Gasteiger partial charge in [-0.2, -0.15) is 0 Å². The number of halogens is 1. The number of carbonyl (C=O) groups is 2. The maximum absolute atomic E-state index is 13.6. The van der Waals surface area contributed by atoms with E-state index in [1.807, 2.05) is 0 Å². The maximum Gasteiger partial charge on any atom is 0.235 e. The van der Waals surface area contributed by atoms with Crippen molar-refractivity contribution in [3.63, 3.8) is 0 Å². The van der Waals surface area contributed by atoms with Crippen LogP contribution in [0.25, 0.3) is 0 Å². The summed E-state index contributed by atoms with van der Waals surface area (Å²) in [6, 6.07) is 4.17. The van der Waals surface area contributed by atoms with Crippen LogP contribution in [0.1, 0.15) is 12.0 Å². The van der Waals surface area contributed by atoms with Crippen molar-refractivity contribution in [2.75, 3.05) is 11.4 Å². The van der Waals surface area contributed by atoms with Crippen LogP contribution in [0.2, 0.25) is 0 Å². The minimum atomic E-state index is -0.602. The lowest BCUT2D eigenvalue weighted by atomic mass is 10.1. The number of aliphatic hydroxyl groups is 1. The van der Waals surface area contributed by atoms with Crippen molar-refractivity contribution in [1.82, 2.24) is 0 Å². The predicted molar refractivity (Wildman–Crippen MR) is 54.3 cm³/mol. The number of rotatable bonds is 2. The molecule has 0 bridgehead atoms. The number of nitrogens with zero attached hydrogens (tertiary/aromatic N) is 1. The molecule has 84 valence electrons.